The first-order chi connectivity index (χ1) is 5.65. The van der Waals surface area contributed by atoms with Crippen LogP contribution in [-0.2, 0) is 0 Å². The first-order valence-electron chi connectivity index (χ1n) is 3.94. The third kappa shape index (κ3) is 1.89. The molecule has 0 aromatic heterocycles. The number of rotatable bonds is 2. The maximum atomic E-state index is 11.1. The van der Waals surface area contributed by atoms with Crippen LogP contribution in [0.2, 0.25) is 11.8 Å². The van der Waals surface area contributed by atoms with Crippen molar-refractivity contribution in [3.8, 4) is 0 Å². The van der Waals surface area contributed by atoms with Gasteiger partial charge in [-0.05, 0) is 19.1 Å². The van der Waals surface area contributed by atoms with Gasteiger partial charge in [0.1, 0.15) is 0 Å². The Labute approximate surface area is 78.0 Å². The van der Waals surface area contributed by atoms with Crippen molar-refractivity contribution >= 4 is 30.1 Å². The first kappa shape index (κ1) is 9.33. The summed E-state index contributed by atoms with van der Waals surface area (Å²) in [4.78, 5) is 11.1. The maximum absolute atomic E-state index is 11.1. The van der Waals surface area contributed by atoms with Crippen molar-refractivity contribution in [3.63, 3.8) is 0 Å². The second kappa shape index (κ2) is 3.77. The Balaban J connectivity index is 3.21. The molecule has 1 rings (SSSR count). The fraction of sp³-hybridized carbons (Fsp3) is 0.222. The normalized spacial score (nSPS) is 9.58. The van der Waals surface area contributed by atoms with Gasteiger partial charge >= 0.3 is 0 Å². The molecule has 1 nitrogen and oxygen atoms in total. The molecule has 12 heavy (non-hydrogen) atoms. The summed E-state index contributed by atoms with van der Waals surface area (Å²) in [6.07, 6.45) is 0. The van der Waals surface area contributed by atoms with E-state index in [-0.39, 0.29) is 5.78 Å². The van der Waals surface area contributed by atoms with Gasteiger partial charge in [0.05, 0.1) is 0 Å². The van der Waals surface area contributed by atoms with E-state index >= 15 is 0 Å². The van der Waals surface area contributed by atoms with Gasteiger partial charge in [0.2, 0.25) is 0 Å². The van der Waals surface area contributed by atoms with Gasteiger partial charge < -0.3 is 0 Å². The fourth-order valence-corrected chi connectivity index (χ4v) is 1.36. The highest BCUT2D eigenvalue weighted by molar-refractivity contribution is 6.54. The first-order valence-corrected chi connectivity index (χ1v) is 4.32. The zero-order valence-electron chi connectivity index (χ0n) is 7.23. The number of carbonyl (C=O) groups is 1. The molecule has 0 spiro atoms. The van der Waals surface area contributed by atoms with E-state index in [1.807, 2.05) is 19.0 Å². The van der Waals surface area contributed by atoms with Crippen LogP contribution in [0.25, 0.3) is 0 Å². The number of ketones is 1. The second-order valence-electron chi connectivity index (χ2n) is 2.71. The smallest absolute Gasteiger partial charge is 0.159 e. The number of carbonyl (C=O) groups excluding carboxylic acids is 1. The van der Waals surface area contributed by atoms with Crippen LogP contribution in [-0.4, -0.2) is 13.1 Å². The average Bonchev–Trinajstić information content (AvgIpc) is 2.04. The van der Waals surface area contributed by atoms with Crippen LogP contribution in [0.5, 0.6) is 0 Å². The van der Waals surface area contributed by atoms with Crippen LogP contribution in [0.4, 0.5) is 0 Å². The van der Waals surface area contributed by atoms with Crippen molar-refractivity contribution in [3.05, 3.63) is 28.8 Å². The van der Waals surface area contributed by atoms with Crippen LogP contribution in [0, 0.1) is 0 Å². The Kier molecular flexibility index (Phi) is 2.93. The zero-order valence-corrected chi connectivity index (χ0v) is 7.98. The van der Waals surface area contributed by atoms with Crippen molar-refractivity contribution in [2.45, 2.75) is 13.7 Å². The monoisotopic (exact) mass is 180 g/mol. The van der Waals surface area contributed by atoms with Crippen molar-refractivity contribution in [2.24, 2.45) is 0 Å². The zero-order chi connectivity index (χ0) is 9.14. The molecule has 0 aliphatic heterocycles. The SMILES string of the molecule is CBc1ccc(Cl)cc1C(C)=O. The molecule has 1 aromatic rings. The minimum atomic E-state index is 0.0781. The molecule has 0 saturated heterocycles. The fourth-order valence-electron chi connectivity index (χ4n) is 1.18. The summed E-state index contributed by atoms with van der Waals surface area (Å²) in [7, 11) is 0.867. The van der Waals surface area contributed by atoms with Crippen LogP contribution in [0.3, 0.4) is 0 Å². The third-order valence-corrected chi connectivity index (χ3v) is 2.07. The summed E-state index contributed by atoms with van der Waals surface area (Å²) in [5.41, 5.74) is 1.80. The van der Waals surface area contributed by atoms with Gasteiger partial charge in [-0.1, -0.05) is 30.0 Å². The van der Waals surface area contributed by atoms with E-state index in [2.05, 4.69) is 0 Å². The lowest BCUT2D eigenvalue weighted by Crippen LogP contribution is -2.19. The molecule has 0 saturated carbocycles. The predicted molar refractivity (Wildman–Crippen MR) is 54.1 cm³/mol. The van der Waals surface area contributed by atoms with Gasteiger partial charge in [-0.15, -0.1) is 0 Å². The van der Waals surface area contributed by atoms with E-state index in [0.717, 1.165) is 18.3 Å². The Morgan fingerprint density at radius 1 is 1.50 bits per heavy atom. The van der Waals surface area contributed by atoms with Gasteiger partial charge in [-0.3, -0.25) is 4.79 Å². The molecule has 0 unspecified atom stereocenters. The Morgan fingerprint density at radius 2 is 2.17 bits per heavy atom. The lowest BCUT2D eigenvalue weighted by Gasteiger charge is -2.03. The van der Waals surface area contributed by atoms with Crippen LogP contribution in [0.1, 0.15) is 17.3 Å². The molecule has 1 aromatic carbocycles. The van der Waals surface area contributed by atoms with Crippen molar-refractivity contribution in [1.29, 1.82) is 0 Å². The Bertz CT molecular complexity index is 309. The minimum absolute atomic E-state index is 0.0781. The average molecular weight is 180 g/mol. The molecule has 0 heterocycles. The summed E-state index contributed by atoms with van der Waals surface area (Å²) in [6.45, 7) is 3.58. The number of halogens is 1. The van der Waals surface area contributed by atoms with E-state index in [4.69, 9.17) is 11.6 Å². The van der Waals surface area contributed by atoms with Crippen LogP contribution < -0.4 is 5.46 Å². The number of hydrogen-bond donors (Lipinski definition) is 0. The standard InChI is InChI=1S/C9H10BClO/c1-6(12)8-5-7(11)3-4-9(8)10-2/h3-5,10H,1-2H3. The lowest BCUT2D eigenvalue weighted by atomic mass is 9.70. The molecular weight excluding hydrogens is 170 g/mol. The maximum Gasteiger partial charge on any atom is 0.159 e. The van der Waals surface area contributed by atoms with E-state index < -0.39 is 0 Å². The van der Waals surface area contributed by atoms with Gasteiger partial charge in [0.15, 0.2) is 13.1 Å². The summed E-state index contributed by atoms with van der Waals surface area (Å²) in [5.74, 6) is 0.0781. The summed E-state index contributed by atoms with van der Waals surface area (Å²) < 4.78 is 0. The van der Waals surface area contributed by atoms with Gasteiger partial charge in [-0.25, -0.2) is 0 Å². The highest BCUT2D eigenvalue weighted by atomic mass is 35.5. The molecule has 0 bridgehead atoms. The molecule has 0 aliphatic carbocycles. The lowest BCUT2D eigenvalue weighted by molar-refractivity contribution is 0.101. The molecule has 0 amide bonds. The van der Waals surface area contributed by atoms with Crippen molar-refractivity contribution < 1.29 is 4.79 Å². The highest BCUT2D eigenvalue weighted by Crippen LogP contribution is 2.09. The van der Waals surface area contributed by atoms with Crippen LogP contribution >= 0.6 is 11.6 Å². The van der Waals surface area contributed by atoms with Crippen molar-refractivity contribution in [1.82, 2.24) is 0 Å². The van der Waals surface area contributed by atoms with Gasteiger partial charge in [0, 0.05) is 10.6 Å². The highest BCUT2D eigenvalue weighted by Gasteiger charge is 2.05. The predicted octanol–water partition coefficient (Wildman–Crippen LogP) is 1.65. The third-order valence-electron chi connectivity index (χ3n) is 1.83. The van der Waals surface area contributed by atoms with Crippen LogP contribution in [0.15, 0.2) is 18.2 Å². The van der Waals surface area contributed by atoms with E-state index in [1.165, 1.54) is 0 Å². The summed E-state index contributed by atoms with van der Waals surface area (Å²) in [6, 6.07) is 5.44. The minimum Gasteiger partial charge on any atom is -0.295 e. The summed E-state index contributed by atoms with van der Waals surface area (Å²) in [5, 5.41) is 0.623. The topological polar surface area (TPSA) is 17.1 Å². The quantitative estimate of drug-likeness (QED) is 0.500. The second-order valence-corrected chi connectivity index (χ2v) is 3.15. The molecule has 3 heteroatoms. The molecule has 0 radical (unpaired) electrons. The van der Waals surface area contributed by atoms with E-state index in [1.54, 1.807) is 13.0 Å². The molecule has 0 fully saturated rings. The number of Topliss-reactive ketones (excluding diaryl/α,β-unsaturated/α-hetero) is 1. The molecule has 62 valence electrons. The van der Waals surface area contributed by atoms with Gasteiger partial charge in [-0.2, -0.15) is 0 Å². The van der Waals surface area contributed by atoms with Gasteiger partial charge in [0.25, 0.3) is 0 Å². The molecular formula is C9H10BClO. The molecule has 0 N–H and O–H groups in total. The molecule has 0 aliphatic rings. The van der Waals surface area contributed by atoms with Crippen molar-refractivity contribution in [2.75, 3.05) is 0 Å². The number of hydrogen-bond acceptors (Lipinski definition) is 1. The Hall–Kier alpha value is -0.755. The molecule has 0 atom stereocenters. The Morgan fingerprint density at radius 3 is 2.67 bits per heavy atom. The largest absolute Gasteiger partial charge is 0.295 e. The summed E-state index contributed by atoms with van der Waals surface area (Å²) >= 11 is 5.77. The number of benzene rings is 1. The van der Waals surface area contributed by atoms with E-state index in [9.17, 15) is 4.79 Å². The van der Waals surface area contributed by atoms with E-state index in [0.29, 0.717) is 5.02 Å².